The van der Waals surface area contributed by atoms with Gasteiger partial charge >= 0.3 is 0 Å². The van der Waals surface area contributed by atoms with E-state index in [1.54, 1.807) is 12.1 Å². The summed E-state index contributed by atoms with van der Waals surface area (Å²) in [4.78, 5) is 9.91. The van der Waals surface area contributed by atoms with Crippen molar-refractivity contribution in [2.45, 2.75) is 13.8 Å². The summed E-state index contributed by atoms with van der Waals surface area (Å²) in [6, 6.07) is 6.11. The van der Waals surface area contributed by atoms with Crippen LogP contribution in [0.5, 0.6) is 5.75 Å². The van der Waals surface area contributed by atoms with Gasteiger partial charge in [0.25, 0.3) is 0 Å². The standard InChI is InChI=1S/C9H9FO2.CH4/c10-8-4-1-2-5-9(8)12-7-3-6-11;/h1-2,4-6H,3,7H2;1H4. The topological polar surface area (TPSA) is 26.3 Å². The van der Waals surface area contributed by atoms with Crippen molar-refractivity contribution in [2.75, 3.05) is 6.61 Å². The molecule has 3 heteroatoms. The van der Waals surface area contributed by atoms with Crippen molar-refractivity contribution in [2.24, 2.45) is 0 Å². The molecule has 0 bridgehead atoms. The molecule has 0 amide bonds. The average Bonchev–Trinajstić information content (AvgIpc) is 2.09. The largest absolute Gasteiger partial charge is 0.490 e. The second-order valence-electron chi connectivity index (χ2n) is 2.23. The van der Waals surface area contributed by atoms with Crippen molar-refractivity contribution in [1.29, 1.82) is 0 Å². The lowest BCUT2D eigenvalue weighted by atomic mass is 10.3. The molecule has 0 aliphatic rings. The molecule has 0 unspecified atom stereocenters. The Hall–Kier alpha value is -1.38. The maximum Gasteiger partial charge on any atom is 0.165 e. The zero-order valence-electron chi connectivity index (χ0n) is 6.50. The minimum Gasteiger partial charge on any atom is -0.490 e. The van der Waals surface area contributed by atoms with E-state index in [4.69, 9.17) is 4.74 Å². The molecule has 0 N–H and O–H groups in total. The maximum absolute atomic E-state index is 12.8. The molecule has 13 heavy (non-hydrogen) atoms. The van der Waals surface area contributed by atoms with Gasteiger partial charge in [0.05, 0.1) is 6.61 Å². The van der Waals surface area contributed by atoms with Crippen LogP contribution in [0, 0.1) is 5.82 Å². The van der Waals surface area contributed by atoms with Crippen LogP contribution in [-0.4, -0.2) is 12.9 Å². The third kappa shape index (κ3) is 3.69. The Balaban J connectivity index is 0.00000144. The first-order valence-electron chi connectivity index (χ1n) is 3.65. The maximum atomic E-state index is 12.8. The van der Waals surface area contributed by atoms with Gasteiger partial charge in [0.15, 0.2) is 11.6 Å². The first kappa shape index (κ1) is 11.6. The van der Waals surface area contributed by atoms with E-state index in [-0.39, 0.29) is 26.2 Å². The quantitative estimate of drug-likeness (QED) is 0.530. The van der Waals surface area contributed by atoms with Crippen molar-refractivity contribution < 1.29 is 13.9 Å². The van der Waals surface area contributed by atoms with Crippen LogP contribution < -0.4 is 4.74 Å². The lowest BCUT2D eigenvalue weighted by molar-refractivity contribution is -0.108. The van der Waals surface area contributed by atoms with E-state index in [1.165, 1.54) is 12.1 Å². The number of carbonyl (C=O) groups is 1. The molecule has 0 aliphatic carbocycles. The third-order valence-corrected chi connectivity index (χ3v) is 1.33. The van der Waals surface area contributed by atoms with E-state index in [1.807, 2.05) is 0 Å². The van der Waals surface area contributed by atoms with Gasteiger partial charge in [-0.15, -0.1) is 0 Å². The number of ether oxygens (including phenoxy) is 1. The van der Waals surface area contributed by atoms with Crippen LogP contribution in [0.4, 0.5) is 4.39 Å². The highest BCUT2D eigenvalue weighted by Crippen LogP contribution is 2.14. The zero-order chi connectivity index (χ0) is 8.81. The van der Waals surface area contributed by atoms with E-state index >= 15 is 0 Å². The van der Waals surface area contributed by atoms with Crippen LogP contribution >= 0.6 is 0 Å². The zero-order valence-corrected chi connectivity index (χ0v) is 6.50. The molecule has 0 saturated heterocycles. The molecular weight excluding hydrogens is 171 g/mol. The normalized spacial score (nSPS) is 8.69. The predicted octanol–water partition coefficient (Wildman–Crippen LogP) is 2.43. The van der Waals surface area contributed by atoms with Crippen molar-refractivity contribution in [3.63, 3.8) is 0 Å². The molecular formula is C10H13FO2. The molecule has 0 spiro atoms. The van der Waals surface area contributed by atoms with Gasteiger partial charge in [-0.3, -0.25) is 0 Å². The van der Waals surface area contributed by atoms with Gasteiger partial charge in [0.2, 0.25) is 0 Å². The Kier molecular flexibility index (Phi) is 5.52. The molecule has 0 aromatic heterocycles. The summed E-state index contributed by atoms with van der Waals surface area (Å²) >= 11 is 0. The van der Waals surface area contributed by atoms with E-state index in [0.717, 1.165) is 6.29 Å². The summed E-state index contributed by atoms with van der Waals surface area (Å²) in [5.74, 6) is -0.206. The highest BCUT2D eigenvalue weighted by Gasteiger charge is 1.99. The second-order valence-corrected chi connectivity index (χ2v) is 2.23. The molecule has 1 aromatic carbocycles. The Morgan fingerprint density at radius 3 is 2.69 bits per heavy atom. The number of halogens is 1. The van der Waals surface area contributed by atoms with Crippen LogP contribution in [0.15, 0.2) is 24.3 Å². The lowest BCUT2D eigenvalue weighted by Crippen LogP contribution is -1.98. The van der Waals surface area contributed by atoms with Crippen LogP contribution in [0.2, 0.25) is 0 Å². The van der Waals surface area contributed by atoms with Gasteiger partial charge in [-0.1, -0.05) is 19.6 Å². The second kappa shape index (κ2) is 6.17. The van der Waals surface area contributed by atoms with Gasteiger partial charge in [-0.05, 0) is 12.1 Å². The number of aldehydes is 1. The Bertz CT molecular complexity index is 261. The molecule has 2 nitrogen and oxygen atoms in total. The van der Waals surface area contributed by atoms with Crippen LogP contribution in [0.1, 0.15) is 13.8 Å². The smallest absolute Gasteiger partial charge is 0.165 e. The van der Waals surface area contributed by atoms with Gasteiger partial charge in [-0.2, -0.15) is 0 Å². The molecule has 1 aromatic rings. The molecule has 72 valence electrons. The minimum absolute atomic E-state index is 0. The summed E-state index contributed by atoms with van der Waals surface area (Å²) in [5, 5.41) is 0. The van der Waals surface area contributed by atoms with Crippen molar-refractivity contribution in [3.8, 4) is 5.75 Å². The Morgan fingerprint density at radius 2 is 2.08 bits per heavy atom. The molecule has 0 heterocycles. The average molecular weight is 184 g/mol. The first-order chi connectivity index (χ1) is 5.84. The number of hydrogen-bond acceptors (Lipinski definition) is 2. The summed E-state index contributed by atoms with van der Waals surface area (Å²) in [5.41, 5.74) is 0. The number of hydrogen-bond donors (Lipinski definition) is 0. The summed E-state index contributed by atoms with van der Waals surface area (Å²) in [6.07, 6.45) is 1.02. The van der Waals surface area contributed by atoms with Gasteiger partial charge in [0, 0.05) is 6.42 Å². The molecule has 0 atom stereocenters. The van der Waals surface area contributed by atoms with Gasteiger partial charge < -0.3 is 9.53 Å². The van der Waals surface area contributed by atoms with E-state index in [2.05, 4.69) is 0 Å². The summed E-state index contributed by atoms with van der Waals surface area (Å²) < 4.78 is 17.8. The van der Waals surface area contributed by atoms with E-state index < -0.39 is 5.82 Å². The minimum atomic E-state index is -0.400. The van der Waals surface area contributed by atoms with Crippen LogP contribution in [0.25, 0.3) is 0 Å². The summed E-state index contributed by atoms with van der Waals surface area (Å²) in [7, 11) is 0. The molecule has 0 aliphatic heterocycles. The lowest BCUT2D eigenvalue weighted by Gasteiger charge is -2.03. The first-order valence-corrected chi connectivity index (χ1v) is 3.65. The van der Waals surface area contributed by atoms with Crippen molar-refractivity contribution in [3.05, 3.63) is 30.1 Å². The number of para-hydroxylation sites is 1. The fourth-order valence-corrected chi connectivity index (χ4v) is 0.779. The van der Waals surface area contributed by atoms with Crippen molar-refractivity contribution >= 4 is 6.29 Å². The fourth-order valence-electron chi connectivity index (χ4n) is 0.779. The van der Waals surface area contributed by atoms with Crippen LogP contribution in [0.3, 0.4) is 0 Å². The van der Waals surface area contributed by atoms with E-state index in [0.29, 0.717) is 0 Å². The molecule has 0 saturated carbocycles. The number of carbonyl (C=O) groups excluding carboxylic acids is 1. The fraction of sp³-hybridized carbons (Fsp3) is 0.300. The summed E-state index contributed by atoms with van der Waals surface area (Å²) in [6.45, 7) is 0.227. The third-order valence-electron chi connectivity index (χ3n) is 1.33. The number of benzene rings is 1. The van der Waals surface area contributed by atoms with E-state index in [9.17, 15) is 9.18 Å². The van der Waals surface area contributed by atoms with Crippen molar-refractivity contribution in [1.82, 2.24) is 0 Å². The molecule has 0 radical (unpaired) electrons. The monoisotopic (exact) mass is 184 g/mol. The number of rotatable bonds is 4. The van der Waals surface area contributed by atoms with Gasteiger partial charge in [0.1, 0.15) is 6.29 Å². The Morgan fingerprint density at radius 1 is 1.38 bits per heavy atom. The molecule has 0 fully saturated rings. The predicted molar refractivity (Wildman–Crippen MR) is 49.3 cm³/mol. The SMILES string of the molecule is C.O=CCCOc1ccccc1F. The van der Waals surface area contributed by atoms with Crippen LogP contribution in [-0.2, 0) is 4.79 Å². The molecule has 1 rings (SSSR count). The highest BCUT2D eigenvalue weighted by atomic mass is 19.1. The van der Waals surface area contributed by atoms with Gasteiger partial charge in [-0.25, -0.2) is 4.39 Å². The Labute approximate surface area is 77.3 Å². The highest BCUT2D eigenvalue weighted by molar-refractivity contribution is 5.49.